The molecule has 0 amide bonds. The Balaban J connectivity index is 2.05. The van der Waals surface area contributed by atoms with Crippen LogP contribution in [0, 0.1) is 0 Å². The van der Waals surface area contributed by atoms with Gasteiger partial charge in [0.15, 0.2) is 0 Å². The van der Waals surface area contributed by atoms with Gasteiger partial charge in [-0.3, -0.25) is 0 Å². The van der Waals surface area contributed by atoms with Crippen molar-refractivity contribution in [3.8, 4) is 0 Å². The number of para-hydroxylation sites is 1. The topological polar surface area (TPSA) is 15.3 Å². The average Bonchev–Trinajstić information content (AvgIpc) is 2.58. The molecule has 2 rings (SSSR count). The van der Waals surface area contributed by atoms with Gasteiger partial charge in [-0.1, -0.05) is 63.2 Å². The second-order valence-electron chi connectivity index (χ2n) is 7.62. The highest BCUT2D eigenvalue weighted by Gasteiger charge is 2.14. The smallest absolute Gasteiger partial charge is 0.0411 e. The molecule has 1 unspecified atom stereocenters. The van der Waals surface area contributed by atoms with Crippen LogP contribution < -0.4 is 10.2 Å². The van der Waals surface area contributed by atoms with E-state index in [-0.39, 0.29) is 5.41 Å². The van der Waals surface area contributed by atoms with Crippen LogP contribution in [0.5, 0.6) is 0 Å². The maximum atomic E-state index is 3.67. The second kappa shape index (κ2) is 7.85. The molecule has 130 valence electrons. The fraction of sp³-hybridized carbons (Fsp3) is 0.455. The minimum atomic E-state index is 0.211. The Kier molecular flexibility index (Phi) is 6.06. The van der Waals surface area contributed by atoms with Gasteiger partial charge >= 0.3 is 0 Å². The van der Waals surface area contributed by atoms with Gasteiger partial charge in [-0.05, 0) is 42.0 Å². The van der Waals surface area contributed by atoms with Gasteiger partial charge in [0.25, 0.3) is 0 Å². The molecule has 0 bridgehead atoms. The summed E-state index contributed by atoms with van der Waals surface area (Å²) in [5.74, 6) is 0. The molecular formula is C22H32N2. The Morgan fingerprint density at radius 3 is 2.21 bits per heavy atom. The Hall–Kier alpha value is -1.80. The molecule has 0 heterocycles. The summed E-state index contributed by atoms with van der Waals surface area (Å²) in [6.45, 7) is 13.1. The van der Waals surface area contributed by atoms with Gasteiger partial charge in [-0.15, -0.1) is 0 Å². The van der Waals surface area contributed by atoms with E-state index in [0.29, 0.717) is 6.04 Å². The van der Waals surface area contributed by atoms with Crippen LogP contribution in [0.25, 0.3) is 0 Å². The minimum absolute atomic E-state index is 0.211. The zero-order valence-corrected chi connectivity index (χ0v) is 16.1. The SMILES string of the molecule is CCN(C)c1ccccc1C(C)NCc1ccc(C(C)(C)C)cc1. The van der Waals surface area contributed by atoms with Crippen LogP contribution in [-0.4, -0.2) is 13.6 Å². The predicted molar refractivity (Wildman–Crippen MR) is 106 cm³/mol. The molecule has 2 nitrogen and oxygen atoms in total. The molecule has 0 aliphatic rings. The van der Waals surface area contributed by atoms with Crippen LogP contribution in [0.3, 0.4) is 0 Å². The van der Waals surface area contributed by atoms with Crippen molar-refractivity contribution in [2.24, 2.45) is 0 Å². The molecule has 1 N–H and O–H groups in total. The van der Waals surface area contributed by atoms with E-state index < -0.39 is 0 Å². The Bertz CT molecular complexity index is 638. The zero-order chi connectivity index (χ0) is 17.7. The first-order valence-electron chi connectivity index (χ1n) is 8.95. The first-order chi connectivity index (χ1) is 11.3. The molecule has 0 saturated heterocycles. The highest BCUT2D eigenvalue weighted by atomic mass is 15.1. The molecule has 0 aliphatic heterocycles. The third-order valence-electron chi connectivity index (χ3n) is 4.72. The van der Waals surface area contributed by atoms with Gasteiger partial charge in [-0.25, -0.2) is 0 Å². The molecule has 0 aromatic heterocycles. The van der Waals surface area contributed by atoms with Crippen LogP contribution in [0.1, 0.15) is 57.4 Å². The molecule has 0 aliphatic carbocycles. The summed E-state index contributed by atoms with van der Waals surface area (Å²) in [5.41, 5.74) is 5.59. The van der Waals surface area contributed by atoms with E-state index in [0.717, 1.165) is 13.1 Å². The van der Waals surface area contributed by atoms with Gasteiger partial charge < -0.3 is 10.2 Å². The highest BCUT2D eigenvalue weighted by Crippen LogP contribution is 2.26. The maximum absolute atomic E-state index is 3.67. The van der Waals surface area contributed by atoms with Crippen molar-refractivity contribution in [3.05, 3.63) is 65.2 Å². The number of rotatable bonds is 6. The predicted octanol–water partition coefficient (Wildman–Crippen LogP) is 5.29. The molecule has 24 heavy (non-hydrogen) atoms. The number of benzene rings is 2. The lowest BCUT2D eigenvalue weighted by molar-refractivity contribution is 0.571. The van der Waals surface area contributed by atoms with Gasteiger partial charge in [0.05, 0.1) is 0 Å². The van der Waals surface area contributed by atoms with E-state index in [1.165, 1.54) is 22.4 Å². The summed E-state index contributed by atoms with van der Waals surface area (Å²) in [6, 6.07) is 18.0. The summed E-state index contributed by atoms with van der Waals surface area (Å²) < 4.78 is 0. The van der Waals surface area contributed by atoms with E-state index in [1.807, 2.05) is 0 Å². The average molecular weight is 325 g/mol. The van der Waals surface area contributed by atoms with Crippen molar-refractivity contribution < 1.29 is 0 Å². The third-order valence-corrected chi connectivity index (χ3v) is 4.72. The summed E-state index contributed by atoms with van der Waals surface area (Å²) in [6.07, 6.45) is 0. The van der Waals surface area contributed by atoms with Crippen molar-refractivity contribution in [2.45, 2.75) is 52.6 Å². The molecule has 2 aromatic carbocycles. The monoisotopic (exact) mass is 324 g/mol. The van der Waals surface area contributed by atoms with Crippen LogP contribution in [0.15, 0.2) is 48.5 Å². The fourth-order valence-electron chi connectivity index (χ4n) is 2.88. The summed E-state index contributed by atoms with van der Waals surface area (Å²) in [5, 5.41) is 3.67. The summed E-state index contributed by atoms with van der Waals surface area (Å²) in [7, 11) is 2.15. The number of nitrogens with zero attached hydrogens (tertiary/aromatic N) is 1. The van der Waals surface area contributed by atoms with Crippen molar-refractivity contribution >= 4 is 5.69 Å². The molecule has 2 heteroatoms. The van der Waals surface area contributed by atoms with E-state index >= 15 is 0 Å². The van der Waals surface area contributed by atoms with Crippen LogP contribution in [0.2, 0.25) is 0 Å². The van der Waals surface area contributed by atoms with Crippen molar-refractivity contribution in [1.82, 2.24) is 5.32 Å². The number of hydrogen-bond donors (Lipinski definition) is 1. The molecule has 2 aromatic rings. The Morgan fingerprint density at radius 2 is 1.62 bits per heavy atom. The molecule has 0 saturated carbocycles. The van der Waals surface area contributed by atoms with E-state index in [9.17, 15) is 0 Å². The van der Waals surface area contributed by atoms with Crippen LogP contribution >= 0.6 is 0 Å². The molecule has 0 radical (unpaired) electrons. The van der Waals surface area contributed by atoms with Crippen molar-refractivity contribution in [1.29, 1.82) is 0 Å². The molecule has 0 spiro atoms. The molecule has 0 fully saturated rings. The Morgan fingerprint density at radius 1 is 1.00 bits per heavy atom. The van der Waals surface area contributed by atoms with Gasteiger partial charge in [0.2, 0.25) is 0 Å². The van der Waals surface area contributed by atoms with Gasteiger partial charge in [0.1, 0.15) is 0 Å². The summed E-state index contributed by atoms with van der Waals surface area (Å²) in [4.78, 5) is 2.30. The van der Waals surface area contributed by atoms with Gasteiger partial charge in [0, 0.05) is 31.9 Å². The molecule has 1 atom stereocenters. The lowest BCUT2D eigenvalue weighted by Crippen LogP contribution is -2.23. The normalized spacial score (nSPS) is 12.9. The summed E-state index contributed by atoms with van der Waals surface area (Å²) >= 11 is 0. The quantitative estimate of drug-likeness (QED) is 0.776. The van der Waals surface area contributed by atoms with E-state index in [2.05, 4.69) is 100 Å². The molecular weight excluding hydrogens is 292 g/mol. The lowest BCUT2D eigenvalue weighted by Gasteiger charge is -2.24. The van der Waals surface area contributed by atoms with E-state index in [4.69, 9.17) is 0 Å². The first-order valence-corrected chi connectivity index (χ1v) is 8.95. The fourth-order valence-corrected chi connectivity index (χ4v) is 2.88. The second-order valence-corrected chi connectivity index (χ2v) is 7.62. The van der Waals surface area contributed by atoms with E-state index in [1.54, 1.807) is 0 Å². The van der Waals surface area contributed by atoms with Crippen LogP contribution in [0.4, 0.5) is 5.69 Å². The standard InChI is InChI=1S/C22H32N2/c1-7-24(6)21-11-9-8-10-20(21)17(2)23-16-18-12-14-19(15-13-18)22(3,4)5/h8-15,17,23H,7,16H2,1-6H3. The van der Waals surface area contributed by atoms with Gasteiger partial charge in [-0.2, -0.15) is 0 Å². The first kappa shape index (κ1) is 18.5. The largest absolute Gasteiger partial charge is 0.375 e. The lowest BCUT2D eigenvalue weighted by atomic mass is 9.87. The van der Waals surface area contributed by atoms with Crippen LogP contribution in [-0.2, 0) is 12.0 Å². The minimum Gasteiger partial charge on any atom is -0.375 e. The third kappa shape index (κ3) is 4.61. The van der Waals surface area contributed by atoms with Crippen molar-refractivity contribution in [2.75, 3.05) is 18.5 Å². The Labute approximate surface area is 147 Å². The van der Waals surface area contributed by atoms with Crippen molar-refractivity contribution in [3.63, 3.8) is 0 Å². The zero-order valence-electron chi connectivity index (χ0n) is 16.1. The number of anilines is 1. The highest BCUT2D eigenvalue weighted by molar-refractivity contribution is 5.54. The number of nitrogens with one attached hydrogen (secondary N) is 1. The number of hydrogen-bond acceptors (Lipinski definition) is 2. The maximum Gasteiger partial charge on any atom is 0.0411 e.